The van der Waals surface area contributed by atoms with E-state index in [2.05, 4.69) is 28.7 Å². The van der Waals surface area contributed by atoms with Crippen LogP contribution in [0.2, 0.25) is 5.15 Å². The molecule has 0 saturated carbocycles. The van der Waals surface area contributed by atoms with Gasteiger partial charge in [0.15, 0.2) is 0 Å². The van der Waals surface area contributed by atoms with E-state index >= 15 is 0 Å². The molecule has 0 aliphatic heterocycles. The highest BCUT2D eigenvalue weighted by molar-refractivity contribution is 6.29. The van der Waals surface area contributed by atoms with E-state index in [1.54, 1.807) is 0 Å². The number of aryl methyl sites for hydroxylation is 1. The van der Waals surface area contributed by atoms with Crippen molar-refractivity contribution in [2.24, 2.45) is 5.92 Å². The van der Waals surface area contributed by atoms with Crippen molar-refractivity contribution in [2.45, 2.75) is 27.2 Å². The van der Waals surface area contributed by atoms with E-state index in [4.69, 9.17) is 11.6 Å². The van der Waals surface area contributed by atoms with Crippen LogP contribution in [0.25, 0.3) is 0 Å². The summed E-state index contributed by atoms with van der Waals surface area (Å²) in [6.07, 6.45) is 0.809. The zero-order valence-electron chi connectivity index (χ0n) is 9.79. The number of aromatic nitrogens is 2. The quantitative estimate of drug-likeness (QED) is 0.741. The fourth-order valence-corrected chi connectivity index (χ4v) is 1.64. The average molecular weight is 228 g/mol. The molecule has 0 spiro atoms. The third kappa shape index (κ3) is 3.67. The summed E-state index contributed by atoms with van der Waals surface area (Å²) in [5, 5.41) is 0.521. The van der Waals surface area contributed by atoms with Crippen molar-refractivity contribution in [1.82, 2.24) is 9.97 Å². The Balaban J connectivity index is 2.88. The van der Waals surface area contributed by atoms with E-state index in [1.165, 1.54) is 0 Å². The van der Waals surface area contributed by atoms with E-state index < -0.39 is 0 Å². The molecule has 1 rings (SSSR count). The van der Waals surface area contributed by atoms with Gasteiger partial charge < -0.3 is 4.90 Å². The number of hydrogen-bond donors (Lipinski definition) is 0. The molecule has 0 amide bonds. The Labute approximate surface area is 96.5 Å². The van der Waals surface area contributed by atoms with Gasteiger partial charge in [0.05, 0.1) is 0 Å². The molecule has 1 aromatic heterocycles. The summed E-state index contributed by atoms with van der Waals surface area (Å²) in [5.74, 6) is 2.31. The van der Waals surface area contributed by atoms with Gasteiger partial charge in [-0.25, -0.2) is 9.97 Å². The standard InChI is InChI=1S/C11H18ClN3/c1-5-10-13-9(12)6-11(14-10)15(4)7-8(2)3/h6,8H,5,7H2,1-4H3. The van der Waals surface area contributed by atoms with Crippen LogP contribution >= 0.6 is 11.6 Å². The molecule has 15 heavy (non-hydrogen) atoms. The predicted molar refractivity (Wildman–Crippen MR) is 64.5 cm³/mol. The Morgan fingerprint density at radius 2 is 2.07 bits per heavy atom. The molecule has 0 unspecified atom stereocenters. The molecule has 1 aromatic rings. The van der Waals surface area contributed by atoms with Gasteiger partial charge >= 0.3 is 0 Å². The van der Waals surface area contributed by atoms with Crippen LogP contribution in [0, 0.1) is 5.92 Å². The zero-order chi connectivity index (χ0) is 11.4. The molecule has 1 heterocycles. The predicted octanol–water partition coefficient (Wildman–Crippen LogP) is 2.78. The van der Waals surface area contributed by atoms with E-state index in [9.17, 15) is 0 Å². The first-order valence-electron chi connectivity index (χ1n) is 5.27. The highest BCUT2D eigenvalue weighted by Crippen LogP contribution is 2.16. The van der Waals surface area contributed by atoms with Gasteiger partial charge in [0.1, 0.15) is 16.8 Å². The van der Waals surface area contributed by atoms with Crippen LogP contribution in [-0.2, 0) is 6.42 Å². The fraction of sp³-hybridized carbons (Fsp3) is 0.636. The molecule has 0 aliphatic carbocycles. The molecule has 3 nitrogen and oxygen atoms in total. The van der Waals surface area contributed by atoms with Gasteiger partial charge in [-0.2, -0.15) is 0 Å². The van der Waals surface area contributed by atoms with E-state index in [1.807, 2.05) is 20.0 Å². The molecule has 0 aromatic carbocycles. The van der Waals surface area contributed by atoms with Gasteiger partial charge in [-0.15, -0.1) is 0 Å². The van der Waals surface area contributed by atoms with Crippen molar-refractivity contribution in [3.8, 4) is 0 Å². The van der Waals surface area contributed by atoms with Gasteiger partial charge in [-0.1, -0.05) is 32.4 Å². The van der Waals surface area contributed by atoms with E-state index in [0.29, 0.717) is 11.1 Å². The second-order valence-corrected chi connectivity index (χ2v) is 4.48. The lowest BCUT2D eigenvalue weighted by molar-refractivity contribution is 0.633. The maximum absolute atomic E-state index is 5.93. The molecular formula is C11H18ClN3. The lowest BCUT2D eigenvalue weighted by atomic mass is 10.2. The monoisotopic (exact) mass is 227 g/mol. The first-order chi connectivity index (χ1) is 7.02. The summed E-state index contributed by atoms with van der Waals surface area (Å²) in [7, 11) is 2.03. The summed E-state index contributed by atoms with van der Waals surface area (Å²) in [4.78, 5) is 10.7. The summed E-state index contributed by atoms with van der Waals surface area (Å²) < 4.78 is 0. The first kappa shape index (κ1) is 12.2. The highest BCUT2D eigenvalue weighted by atomic mass is 35.5. The molecule has 84 valence electrons. The molecule has 0 radical (unpaired) electrons. The lowest BCUT2D eigenvalue weighted by Crippen LogP contribution is -2.24. The number of rotatable bonds is 4. The minimum atomic E-state index is 0.521. The van der Waals surface area contributed by atoms with Crippen molar-refractivity contribution in [3.63, 3.8) is 0 Å². The van der Waals surface area contributed by atoms with Gasteiger partial charge in [0.2, 0.25) is 0 Å². The van der Waals surface area contributed by atoms with Gasteiger partial charge in [-0.3, -0.25) is 0 Å². The third-order valence-electron chi connectivity index (χ3n) is 2.07. The summed E-state index contributed by atoms with van der Waals surface area (Å²) in [6, 6.07) is 1.81. The Bertz CT molecular complexity index is 326. The van der Waals surface area contributed by atoms with Crippen LogP contribution in [0.15, 0.2) is 6.07 Å². The number of nitrogens with zero attached hydrogens (tertiary/aromatic N) is 3. The minimum Gasteiger partial charge on any atom is -0.359 e. The van der Waals surface area contributed by atoms with Crippen LogP contribution in [-0.4, -0.2) is 23.6 Å². The molecular weight excluding hydrogens is 210 g/mol. The molecule has 0 N–H and O–H groups in total. The summed E-state index contributed by atoms with van der Waals surface area (Å²) in [5.41, 5.74) is 0. The Hall–Kier alpha value is -0.830. The van der Waals surface area contributed by atoms with Crippen LogP contribution in [0.3, 0.4) is 0 Å². The second kappa shape index (κ2) is 5.31. The maximum atomic E-state index is 5.93. The van der Waals surface area contributed by atoms with E-state index in [-0.39, 0.29) is 0 Å². The Morgan fingerprint density at radius 1 is 1.40 bits per heavy atom. The zero-order valence-corrected chi connectivity index (χ0v) is 10.5. The van der Waals surface area contributed by atoms with Crippen LogP contribution < -0.4 is 4.90 Å². The molecule has 0 saturated heterocycles. The van der Waals surface area contributed by atoms with Crippen LogP contribution in [0.5, 0.6) is 0 Å². The highest BCUT2D eigenvalue weighted by Gasteiger charge is 2.07. The topological polar surface area (TPSA) is 29.0 Å². The van der Waals surface area contributed by atoms with Gasteiger partial charge in [-0.05, 0) is 5.92 Å². The Kier molecular flexibility index (Phi) is 4.33. The molecule has 0 bridgehead atoms. The number of halogens is 1. The number of hydrogen-bond acceptors (Lipinski definition) is 3. The van der Waals surface area contributed by atoms with Gasteiger partial charge in [0, 0.05) is 26.1 Å². The van der Waals surface area contributed by atoms with Crippen LogP contribution in [0.1, 0.15) is 26.6 Å². The lowest BCUT2D eigenvalue weighted by Gasteiger charge is -2.20. The maximum Gasteiger partial charge on any atom is 0.134 e. The van der Waals surface area contributed by atoms with Crippen molar-refractivity contribution < 1.29 is 0 Å². The van der Waals surface area contributed by atoms with Crippen molar-refractivity contribution in [1.29, 1.82) is 0 Å². The first-order valence-corrected chi connectivity index (χ1v) is 5.65. The third-order valence-corrected chi connectivity index (χ3v) is 2.27. The fourth-order valence-electron chi connectivity index (χ4n) is 1.45. The molecule has 0 fully saturated rings. The molecule has 0 atom stereocenters. The minimum absolute atomic E-state index is 0.521. The SMILES string of the molecule is CCc1nc(Cl)cc(N(C)CC(C)C)n1. The summed E-state index contributed by atoms with van der Waals surface area (Å²) >= 11 is 5.93. The van der Waals surface area contributed by atoms with Crippen molar-refractivity contribution in [3.05, 3.63) is 17.0 Å². The second-order valence-electron chi connectivity index (χ2n) is 4.09. The van der Waals surface area contributed by atoms with Gasteiger partial charge in [0.25, 0.3) is 0 Å². The van der Waals surface area contributed by atoms with Crippen molar-refractivity contribution >= 4 is 17.4 Å². The number of anilines is 1. The molecule has 0 aliphatic rings. The largest absolute Gasteiger partial charge is 0.359 e. The van der Waals surface area contributed by atoms with Crippen molar-refractivity contribution in [2.75, 3.05) is 18.5 Å². The Morgan fingerprint density at radius 3 is 2.60 bits per heavy atom. The summed E-state index contributed by atoms with van der Waals surface area (Å²) in [6.45, 7) is 7.36. The smallest absolute Gasteiger partial charge is 0.134 e. The van der Waals surface area contributed by atoms with Crippen LogP contribution in [0.4, 0.5) is 5.82 Å². The average Bonchev–Trinajstić information content (AvgIpc) is 2.15. The van der Waals surface area contributed by atoms with E-state index in [0.717, 1.165) is 24.6 Å². The molecule has 4 heteroatoms. The normalized spacial score (nSPS) is 10.8.